The molecule has 6 nitrogen and oxygen atoms in total. The molecule has 1 aliphatic heterocycles. The van der Waals surface area contributed by atoms with Gasteiger partial charge in [0.1, 0.15) is 0 Å². The van der Waals surface area contributed by atoms with Crippen LogP contribution in [0.4, 0.5) is 5.69 Å². The van der Waals surface area contributed by atoms with Crippen molar-refractivity contribution in [3.05, 3.63) is 22.2 Å². The minimum Gasteiger partial charge on any atom is -0.505 e. The molecule has 2 N–H and O–H groups in total. The van der Waals surface area contributed by atoms with E-state index in [0.29, 0.717) is 23.9 Å². The summed E-state index contributed by atoms with van der Waals surface area (Å²) in [4.78, 5) is 30.3. The van der Waals surface area contributed by atoms with Gasteiger partial charge in [-0.05, 0) is 26.0 Å². The number of hydrogen-bond donors (Lipinski definition) is 2. The van der Waals surface area contributed by atoms with E-state index in [4.69, 9.17) is 23.2 Å². The van der Waals surface area contributed by atoms with E-state index in [0.717, 1.165) is 0 Å². The van der Waals surface area contributed by atoms with Gasteiger partial charge in [0.25, 0.3) is 0 Å². The first-order chi connectivity index (χ1) is 11.4. The van der Waals surface area contributed by atoms with Crippen molar-refractivity contribution in [2.75, 3.05) is 13.1 Å². The highest BCUT2D eigenvalue weighted by molar-refractivity contribution is 8.15. The summed E-state index contributed by atoms with van der Waals surface area (Å²) in [5.74, 6) is -0.578. The van der Waals surface area contributed by atoms with Gasteiger partial charge in [-0.3, -0.25) is 14.5 Å². The van der Waals surface area contributed by atoms with Crippen LogP contribution in [-0.4, -0.2) is 45.3 Å². The van der Waals surface area contributed by atoms with Gasteiger partial charge in [0.05, 0.1) is 21.0 Å². The van der Waals surface area contributed by atoms with Crippen LogP contribution in [0.2, 0.25) is 10.0 Å². The molecule has 0 aromatic heterocycles. The van der Waals surface area contributed by atoms with Gasteiger partial charge >= 0.3 is 0 Å². The number of rotatable bonds is 4. The number of hydrogen-bond acceptors (Lipinski definition) is 5. The summed E-state index contributed by atoms with van der Waals surface area (Å²) in [5, 5.41) is 12.3. The van der Waals surface area contributed by atoms with E-state index in [1.54, 1.807) is 0 Å². The number of carbonyl (C=O) groups is 2. The second-order valence-electron chi connectivity index (χ2n) is 5.00. The third-order valence-corrected chi connectivity index (χ3v) is 5.09. The number of nitrogens with one attached hydrogen (secondary N) is 1. The van der Waals surface area contributed by atoms with Crippen molar-refractivity contribution in [2.24, 2.45) is 4.99 Å². The lowest BCUT2D eigenvalue weighted by Crippen LogP contribution is -2.46. The van der Waals surface area contributed by atoms with Gasteiger partial charge in [-0.1, -0.05) is 35.0 Å². The third kappa shape index (κ3) is 4.15. The molecule has 1 aromatic rings. The van der Waals surface area contributed by atoms with Crippen LogP contribution in [0.25, 0.3) is 0 Å². The van der Waals surface area contributed by atoms with Crippen molar-refractivity contribution in [1.29, 1.82) is 0 Å². The van der Waals surface area contributed by atoms with Crippen molar-refractivity contribution in [2.45, 2.75) is 25.5 Å². The second kappa shape index (κ2) is 8.09. The van der Waals surface area contributed by atoms with E-state index < -0.39 is 5.25 Å². The topological polar surface area (TPSA) is 82.0 Å². The van der Waals surface area contributed by atoms with Crippen molar-refractivity contribution in [1.82, 2.24) is 10.2 Å². The predicted molar refractivity (Wildman–Crippen MR) is 97.3 cm³/mol. The zero-order chi connectivity index (χ0) is 17.9. The van der Waals surface area contributed by atoms with Gasteiger partial charge in [0.2, 0.25) is 11.8 Å². The smallest absolute Gasteiger partial charge is 0.234 e. The number of carbonyl (C=O) groups excluding carboxylic acids is 2. The van der Waals surface area contributed by atoms with Crippen LogP contribution in [0.1, 0.15) is 20.3 Å². The first-order valence-corrected chi connectivity index (χ1v) is 9.02. The molecule has 1 aromatic carbocycles. The number of thioether (sulfide) groups is 1. The van der Waals surface area contributed by atoms with Gasteiger partial charge in [-0.25, -0.2) is 4.99 Å². The van der Waals surface area contributed by atoms with Crippen LogP contribution in [-0.2, 0) is 9.59 Å². The molecule has 1 fully saturated rings. The zero-order valence-electron chi connectivity index (χ0n) is 13.2. The highest BCUT2D eigenvalue weighted by atomic mass is 35.5. The molecule has 0 spiro atoms. The largest absolute Gasteiger partial charge is 0.505 e. The summed E-state index contributed by atoms with van der Waals surface area (Å²) in [6, 6.07) is 2.90. The standard InChI is InChI=1S/C15H17Cl2N3O3S/c1-3-18-14(23)11-7-12(21)20(4-2)15(24-11)19-8-5-9(16)13(22)10(17)6-8/h5-6,11,22H,3-4,7H2,1-2H3,(H,18,23)/t11-/m0/s1. The molecule has 130 valence electrons. The fraction of sp³-hybridized carbons (Fsp3) is 0.400. The Bertz CT molecular complexity index is 674. The minimum absolute atomic E-state index is 0.0670. The molecule has 2 rings (SSSR count). The molecule has 1 atom stereocenters. The third-order valence-electron chi connectivity index (χ3n) is 3.33. The normalized spacial score (nSPS) is 19.7. The zero-order valence-corrected chi connectivity index (χ0v) is 15.5. The quantitative estimate of drug-likeness (QED) is 0.828. The highest BCUT2D eigenvalue weighted by Crippen LogP contribution is 2.37. The lowest BCUT2D eigenvalue weighted by molar-refractivity contribution is -0.130. The van der Waals surface area contributed by atoms with Crippen molar-refractivity contribution >= 4 is 57.6 Å². The summed E-state index contributed by atoms with van der Waals surface area (Å²) in [6.07, 6.45) is 0.125. The highest BCUT2D eigenvalue weighted by Gasteiger charge is 2.34. The fourth-order valence-electron chi connectivity index (χ4n) is 2.17. The maximum Gasteiger partial charge on any atom is 0.234 e. The SMILES string of the molecule is CCNC(=O)[C@@H]1CC(=O)N(CC)C(=Nc2cc(Cl)c(O)c(Cl)c2)S1. The summed E-state index contributed by atoms with van der Waals surface area (Å²) in [6.45, 7) is 4.59. The number of halogens is 2. The van der Waals surface area contributed by atoms with Crippen molar-refractivity contribution in [3.63, 3.8) is 0 Å². The Kier molecular flexibility index (Phi) is 6.37. The van der Waals surface area contributed by atoms with Crippen LogP contribution in [0, 0.1) is 0 Å². The Labute approximate surface area is 154 Å². The molecule has 2 amide bonds. The van der Waals surface area contributed by atoms with Gasteiger partial charge in [0, 0.05) is 19.5 Å². The molecule has 24 heavy (non-hydrogen) atoms. The first kappa shape index (κ1) is 18.9. The summed E-state index contributed by atoms with van der Waals surface area (Å²) >= 11 is 13.0. The number of phenols is 1. The van der Waals surface area contributed by atoms with E-state index in [1.165, 1.54) is 28.8 Å². The average molecular weight is 390 g/mol. The Morgan fingerprint density at radius 2 is 2.04 bits per heavy atom. The molecular formula is C15H17Cl2N3O3S. The molecule has 1 saturated heterocycles. The van der Waals surface area contributed by atoms with Crippen LogP contribution >= 0.6 is 35.0 Å². The Hall–Kier alpha value is -1.44. The molecular weight excluding hydrogens is 373 g/mol. The molecule has 0 bridgehead atoms. The number of aliphatic imine (C=N–C) groups is 1. The van der Waals surface area contributed by atoms with Crippen molar-refractivity contribution in [3.8, 4) is 5.75 Å². The number of amides is 2. The van der Waals surface area contributed by atoms with Crippen LogP contribution < -0.4 is 5.32 Å². The predicted octanol–water partition coefficient (Wildman–Crippen LogP) is 3.18. The number of phenolic OH excluding ortho intramolecular Hbond substituents is 1. The Balaban J connectivity index is 2.36. The van der Waals surface area contributed by atoms with E-state index in [2.05, 4.69) is 10.3 Å². The van der Waals surface area contributed by atoms with Gasteiger partial charge in [0.15, 0.2) is 10.9 Å². The summed E-state index contributed by atoms with van der Waals surface area (Å²) in [7, 11) is 0. The van der Waals surface area contributed by atoms with Crippen LogP contribution in [0.15, 0.2) is 17.1 Å². The van der Waals surface area contributed by atoms with Gasteiger partial charge < -0.3 is 10.4 Å². The lowest BCUT2D eigenvalue weighted by atomic mass is 10.2. The van der Waals surface area contributed by atoms with Gasteiger partial charge in [-0.2, -0.15) is 0 Å². The van der Waals surface area contributed by atoms with E-state index >= 15 is 0 Å². The van der Waals surface area contributed by atoms with E-state index in [1.807, 2.05) is 13.8 Å². The molecule has 1 heterocycles. The molecule has 0 saturated carbocycles. The second-order valence-corrected chi connectivity index (χ2v) is 6.98. The van der Waals surface area contributed by atoms with Gasteiger partial charge in [-0.15, -0.1) is 0 Å². The van der Waals surface area contributed by atoms with Crippen LogP contribution in [0.5, 0.6) is 5.75 Å². The number of benzene rings is 1. The Morgan fingerprint density at radius 3 is 2.58 bits per heavy atom. The Morgan fingerprint density at radius 1 is 1.42 bits per heavy atom. The molecule has 1 aliphatic rings. The maximum absolute atomic E-state index is 12.3. The number of aromatic hydroxyl groups is 1. The maximum atomic E-state index is 12.3. The van der Waals surface area contributed by atoms with Crippen molar-refractivity contribution < 1.29 is 14.7 Å². The number of nitrogens with zero attached hydrogens (tertiary/aromatic N) is 2. The average Bonchev–Trinajstić information content (AvgIpc) is 2.52. The first-order valence-electron chi connectivity index (χ1n) is 7.38. The minimum atomic E-state index is -0.526. The molecule has 0 radical (unpaired) electrons. The molecule has 0 unspecified atom stereocenters. The van der Waals surface area contributed by atoms with Crippen LogP contribution in [0.3, 0.4) is 0 Å². The monoisotopic (exact) mass is 389 g/mol. The summed E-state index contributed by atoms with van der Waals surface area (Å²) < 4.78 is 0. The lowest BCUT2D eigenvalue weighted by Gasteiger charge is -2.30. The number of amidine groups is 1. The molecule has 9 heteroatoms. The fourth-order valence-corrected chi connectivity index (χ4v) is 3.83. The summed E-state index contributed by atoms with van der Waals surface area (Å²) in [5.41, 5.74) is 0.396. The molecule has 0 aliphatic carbocycles. The van der Waals surface area contributed by atoms with E-state index in [-0.39, 0.29) is 34.0 Å². The van der Waals surface area contributed by atoms with E-state index in [9.17, 15) is 14.7 Å².